The normalized spacial score (nSPS) is 12.9. The second kappa shape index (κ2) is 22.3. The van der Waals surface area contributed by atoms with E-state index < -0.39 is 0 Å². The Balaban J connectivity index is 1.17. The highest BCUT2D eigenvalue weighted by Gasteiger charge is 2.44. The standard InChI is InChI=1S/C85H77BN4/c1-54-39-78-80-79(40-54)90(68-51-71(57-31-23-17-24-32-57)81(88-14)72(52-68)58-33-25-18-26-34-58)77-46-60(62-43-65(84(8,9)10)48-66(44-62)85(11,12)13)36-38-75(77)86(80)74-37-35-59(61-41-63(82(2,3)4)47-64(42-61)83(5,6)7)45-76(74)89(78)67-49-69(55-27-19-15-20-28-55)73(53-87)70(50-67)56-29-21-16-22-30-56/h15-52H,1-13H3. The zero-order valence-corrected chi connectivity index (χ0v) is 54.3. The van der Waals surface area contributed by atoms with Crippen molar-refractivity contribution in [1.29, 1.82) is 5.26 Å². The summed E-state index contributed by atoms with van der Waals surface area (Å²) in [7, 11) is 0. The number of benzene rings is 11. The molecule has 2 heterocycles. The number of nitriles is 1. The molecule has 2 aliphatic rings. The number of hydrogen-bond donors (Lipinski definition) is 0. The van der Waals surface area contributed by atoms with Crippen LogP contribution < -0.4 is 26.2 Å². The van der Waals surface area contributed by atoms with Crippen LogP contribution in [0.4, 0.5) is 39.8 Å². The van der Waals surface area contributed by atoms with Crippen molar-refractivity contribution in [2.45, 2.75) is 112 Å². The van der Waals surface area contributed by atoms with Crippen molar-refractivity contribution in [3.05, 3.63) is 275 Å². The molecule has 0 unspecified atom stereocenters. The minimum atomic E-state index is -0.210. The molecule has 5 heteroatoms. The summed E-state index contributed by atoms with van der Waals surface area (Å²) >= 11 is 0. The number of nitrogens with zero attached hydrogens (tertiary/aromatic N) is 4. The Morgan fingerprint density at radius 2 is 0.678 bits per heavy atom. The number of fused-ring (bicyclic) bond motifs is 4. The van der Waals surface area contributed by atoms with Gasteiger partial charge < -0.3 is 9.80 Å². The van der Waals surface area contributed by atoms with Gasteiger partial charge in [-0.2, -0.15) is 5.26 Å². The van der Waals surface area contributed by atoms with Crippen molar-refractivity contribution in [3.8, 4) is 72.8 Å². The predicted molar refractivity (Wildman–Crippen MR) is 384 cm³/mol. The summed E-state index contributed by atoms with van der Waals surface area (Å²) in [5.74, 6) is 0. The SMILES string of the molecule is [C-]#[N+]c1c(-c2ccccc2)cc(N2c3cc(-c4cc(C(C)(C)C)cc(C(C)(C)C)c4)ccc3B3c4ccc(-c5cc(C(C)(C)C)cc(C(C)(C)C)c5)cc4N(c4cc(-c5ccccc5)c(C#N)c(-c5ccccc5)c4)c4cc(C)cc2c43)cc1-c1ccccc1. The molecule has 0 saturated carbocycles. The molecular weight excluding hydrogens is 1090 g/mol. The van der Waals surface area contributed by atoms with Crippen LogP contribution in [0.25, 0.3) is 71.6 Å². The van der Waals surface area contributed by atoms with Gasteiger partial charge in [-0.15, -0.1) is 0 Å². The molecule has 2 aliphatic heterocycles. The molecular formula is C85H77BN4. The van der Waals surface area contributed by atoms with Crippen LogP contribution in [0.15, 0.2) is 231 Å². The molecule has 0 atom stereocenters. The fraction of sp³-hybridized carbons (Fsp3) is 0.200. The van der Waals surface area contributed by atoms with Crippen molar-refractivity contribution in [3.63, 3.8) is 0 Å². The van der Waals surface area contributed by atoms with Crippen molar-refractivity contribution < 1.29 is 0 Å². The molecule has 0 bridgehead atoms. The lowest BCUT2D eigenvalue weighted by molar-refractivity contribution is 0.568. The van der Waals surface area contributed by atoms with Gasteiger partial charge in [0.15, 0.2) is 0 Å². The van der Waals surface area contributed by atoms with E-state index in [2.05, 4.69) is 317 Å². The topological polar surface area (TPSA) is 34.6 Å². The van der Waals surface area contributed by atoms with Gasteiger partial charge in [0, 0.05) is 45.3 Å². The lowest BCUT2D eigenvalue weighted by Crippen LogP contribution is -2.61. The molecule has 0 fully saturated rings. The third-order valence-electron chi connectivity index (χ3n) is 18.5. The van der Waals surface area contributed by atoms with E-state index in [4.69, 9.17) is 6.57 Å². The third-order valence-corrected chi connectivity index (χ3v) is 18.5. The van der Waals surface area contributed by atoms with Crippen molar-refractivity contribution in [2.75, 3.05) is 9.80 Å². The monoisotopic (exact) mass is 1160 g/mol. The summed E-state index contributed by atoms with van der Waals surface area (Å²) in [6.07, 6.45) is 0. The van der Waals surface area contributed by atoms with Gasteiger partial charge in [0.2, 0.25) is 5.69 Å². The Morgan fingerprint density at radius 3 is 0.989 bits per heavy atom. The van der Waals surface area contributed by atoms with Crippen LogP contribution in [0, 0.1) is 24.8 Å². The molecule has 0 aliphatic carbocycles. The van der Waals surface area contributed by atoms with E-state index in [1.807, 2.05) is 24.3 Å². The fourth-order valence-corrected chi connectivity index (χ4v) is 13.5. The Bertz CT molecular complexity index is 4230. The van der Waals surface area contributed by atoms with Gasteiger partial charge >= 0.3 is 0 Å². The van der Waals surface area contributed by atoms with Gasteiger partial charge in [-0.25, -0.2) is 4.85 Å². The van der Waals surface area contributed by atoms with Crippen LogP contribution in [0.2, 0.25) is 0 Å². The smallest absolute Gasteiger partial charge is 0.252 e. The van der Waals surface area contributed by atoms with Crippen molar-refractivity contribution in [2.24, 2.45) is 0 Å². The fourth-order valence-electron chi connectivity index (χ4n) is 13.5. The van der Waals surface area contributed by atoms with Crippen LogP contribution in [-0.2, 0) is 21.7 Å². The molecule has 0 amide bonds. The van der Waals surface area contributed by atoms with E-state index >= 15 is 0 Å². The van der Waals surface area contributed by atoms with E-state index in [-0.39, 0.29) is 28.4 Å². The first-order chi connectivity index (χ1) is 43.0. The zero-order chi connectivity index (χ0) is 63.2. The van der Waals surface area contributed by atoms with Crippen LogP contribution in [0.5, 0.6) is 0 Å². The van der Waals surface area contributed by atoms with Crippen LogP contribution in [0.1, 0.15) is 116 Å². The Hall–Kier alpha value is -9.94. The van der Waals surface area contributed by atoms with E-state index in [0.29, 0.717) is 11.3 Å². The molecule has 0 radical (unpaired) electrons. The van der Waals surface area contributed by atoms with E-state index in [0.717, 1.165) is 95.3 Å². The van der Waals surface area contributed by atoms with Gasteiger partial charge in [0.25, 0.3) is 6.71 Å². The molecule has 90 heavy (non-hydrogen) atoms. The zero-order valence-electron chi connectivity index (χ0n) is 54.3. The Morgan fingerprint density at radius 1 is 0.356 bits per heavy atom. The summed E-state index contributed by atoms with van der Waals surface area (Å²) in [5.41, 5.74) is 29.0. The third kappa shape index (κ3) is 10.7. The first kappa shape index (κ1) is 59.1. The van der Waals surface area contributed by atoms with Gasteiger partial charge in [0.1, 0.15) is 6.07 Å². The highest BCUT2D eigenvalue weighted by Crippen LogP contribution is 2.52. The van der Waals surface area contributed by atoms with Crippen LogP contribution in [0.3, 0.4) is 0 Å². The molecule has 11 aromatic carbocycles. The molecule has 11 aromatic rings. The van der Waals surface area contributed by atoms with Crippen LogP contribution >= 0.6 is 0 Å². The average molecular weight is 1170 g/mol. The second-order valence-electron chi connectivity index (χ2n) is 29.0. The average Bonchev–Trinajstić information content (AvgIpc) is 0.702. The predicted octanol–water partition coefficient (Wildman–Crippen LogP) is 21.7. The summed E-state index contributed by atoms with van der Waals surface area (Å²) < 4.78 is 0. The molecule has 13 rings (SSSR count). The van der Waals surface area contributed by atoms with Crippen LogP contribution in [-0.4, -0.2) is 6.71 Å². The lowest BCUT2D eigenvalue weighted by Gasteiger charge is -2.45. The summed E-state index contributed by atoms with van der Waals surface area (Å²) in [5, 5.41) is 11.4. The van der Waals surface area contributed by atoms with Gasteiger partial charge in [0.05, 0.1) is 12.1 Å². The number of aryl methyl sites for hydroxylation is 1. The first-order valence-corrected chi connectivity index (χ1v) is 31.7. The Kier molecular flexibility index (Phi) is 14.6. The lowest BCUT2D eigenvalue weighted by atomic mass is 9.33. The minimum Gasteiger partial charge on any atom is -0.311 e. The molecule has 440 valence electrons. The minimum absolute atomic E-state index is 0.0903. The van der Waals surface area contributed by atoms with Crippen molar-refractivity contribution in [1.82, 2.24) is 0 Å². The summed E-state index contributed by atoms with van der Waals surface area (Å²) in [4.78, 5) is 9.40. The highest BCUT2D eigenvalue weighted by molar-refractivity contribution is 7.00. The largest absolute Gasteiger partial charge is 0.311 e. The molecule has 0 spiro atoms. The summed E-state index contributed by atoms with van der Waals surface area (Å²) in [6.45, 7) is 38.7. The second-order valence-corrected chi connectivity index (χ2v) is 29.0. The van der Waals surface area contributed by atoms with E-state index in [9.17, 15) is 5.26 Å². The number of anilines is 6. The quantitative estimate of drug-likeness (QED) is 0.112. The highest BCUT2D eigenvalue weighted by atomic mass is 15.2. The number of rotatable bonds is 8. The maximum Gasteiger partial charge on any atom is 0.252 e. The first-order valence-electron chi connectivity index (χ1n) is 31.7. The molecule has 4 nitrogen and oxygen atoms in total. The molecule has 0 N–H and O–H groups in total. The van der Waals surface area contributed by atoms with Crippen molar-refractivity contribution >= 4 is 62.9 Å². The molecule has 0 saturated heterocycles. The Labute approximate surface area is 534 Å². The van der Waals surface area contributed by atoms with Gasteiger partial charge in [-0.1, -0.05) is 265 Å². The maximum absolute atomic E-state index is 11.4. The van der Waals surface area contributed by atoms with Gasteiger partial charge in [-0.3, -0.25) is 0 Å². The summed E-state index contributed by atoms with van der Waals surface area (Å²) in [6, 6.07) is 87.1. The van der Waals surface area contributed by atoms with Gasteiger partial charge in [-0.05, 0) is 177 Å². The molecule has 0 aromatic heterocycles. The van der Waals surface area contributed by atoms with E-state index in [1.165, 1.54) is 49.8 Å². The number of hydrogen-bond acceptors (Lipinski definition) is 3. The maximum atomic E-state index is 11.4. The van der Waals surface area contributed by atoms with E-state index in [1.54, 1.807) is 0 Å².